The van der Waals surface area contributed by atoms with Crippen LogP contribution in [0.5, 0.6) is 0 Å². The van der Waals surface area contributed by atoms with Crippen molar-refractivity contribution in [3.05, 3.63) is 34.9 Å². The maximum atomic E-state index is 11.5. The number of carbonyl (C=O) groups excluding carboxylic acids is 1. The first-order valence-electron chi connectivity index (χ1n) is 5.63. The molecule has 0 saturated heterocycles. The van der Waals surface area contributed by atoms with Gasteiger partial charge >= 0.3 is 0 Å². The van der Waals surface area contributed by atoms with Gasteiger partial charge in [0.25, 0.3) is 0 Å². The van der Waals surface area contributed by atoms with E-state index in [0.29, 0.717) is 12.2 Å². The minimum atomic E-state index is 0.150. The molecule has 1 aromatic rings. The van der Waals surface area contributed by atoms with Crippen LogP contribution in [0.4, 0.5) is 0 Å². The molecule has 1 aromatic carbocycles. The van der Waals surface area contributed by atoms with E-state index in [1.807, 2.05) is 13.8 Å². The van der Waals surface area contributed by atoms with Crippen molar-refractivity contribution in [2.24, 2.45) is 5.92 Å². The molecule has 0 aliphatic rings. The molecule has 0 radical (unpaired) electrons. The molecule has 0 fully saturated rings. The van der Waals surface area contributed by atoms with Crippen LogP contribution in [-0.2, 0) is 11.2 Å². The van der Waals surface area contributed by atoms with Crippen molar-refractivity contribution in [3.8, 4) is 0 Å². The Morgan fingerprint density at radius 2 is 1.93 bits per heavy atom. The van der Waals surface area contributed by atoms with Gasteiger partial charge in [-0.25, -0.2) is 0 Å². The molecule has 0 heterocycles. The molecule has 0 bridgehead atoms. The third-order valence-electron chi connectivity index (χ3n) is 3.01. The summed E-state index contributed by atoms with van der Waals surface area (Å²) >= 11 is 0. The zero-order valence-electron chi connectivity index (χ0n) is 10.1. The van der Waals surface area contributed by atoms with E-state index in [9.17, 15) is 4.79 Å². The van der Waals surface area contributed by atoms with E-state index >= 15 is 0 Å². The first-order chi connectivity index (χ1) is 7.04. The van der Waals surface area contributed by atoms with Crippen LogP contribution in [0.1, 0.15) is 37.0 Å². The van der Waals surface area contributed by atoms with Crippen LogP contribution < -0.4 is 0 Å². The van der Waals surface area contributed by atoms with Gasteiger partial charge in [0, 0.05) is 12.3 Å². The first-order valence-corrected chi connectivity index (χ1v) is 5.63. The second-order valence-corrected chi connectivity index (χ2v) is 4.34. The highest BCUT2D eigenvalue weighted by Gasteiger charge is 2.11. The van der Waals surface area contributed by atoms with Crippen LogP contribution in [0, 0.1) is 19.8 Å². The van der Waals surface area contributed by atoms with Crippen molar-refractivity contribution in [1.82, 2.24) is 0 Å². The fourth-order valence-electron chi connectivity index (χ4n) is 1.75. The maximum absolute atomic E-state index is 11.5. The topological polar surface area (TPSA) is 17.1 Å². The molecule has 82 valence electrons. The third kappa shape index (κ3) is 3.19. The Morgan fingerprint density at radius 1 is 1.27 bits per heavy atom. The van der Waals surface area contributed by atoms with Gasteiger partial charge < -0.3 is 0 Å². The molecular weight excluding hydrogens is 184 g/mol. The van der Waals surface area contributed by atoms with Gasteiger partial charge in [-0.1, -0.05) is 32.0 Å². The fourth-order valence-corrected chi connectivity index (χ4v) is 1.75. The van der Waals surface area contributed by atoms with E-state index in [4.69, 9.17) is 0 Å². The maximum Gasteiger partial charge on any atom is 0.135 e. The SMILES string of the molecule is CCC(=O)C(C)Cc1ccc(C)c(C)c1. The lowest BCUT2D eigenvalue weighted by atomic mass is 9.94. The Labute approximate surface area is 92.5 Å². The van der Waals surface area contributed by atoms with Crippen molar-refractivity contribution >= 4 is 5.78 Å². The van der Waals surface area contributed by atoms with Gasteiger partial charge in [0.1, 0.15) is 5.78 Å². The van der Waals surface area contributed by atoms with Gasteiger partial charge in [0.05, 0.1) is 0 Å². The smallest absolute Gasteiger partial charge is 0.135 e. The molecular formula is C14H20O. The summed E-state index contributed by atoms with van der Waals surface area (Å²) in [6.07, 6.45) is 1.51. The predicted octanol–water partition coefficient (Wildman–Crippen LogP) is 3.46. The summed E-state index contributed by atoms with van der Waals surface area (Å²) in [6, 6.07) is 6.45. The Balaban J connectivity index is 2.73. The Hall–Kier alpha value is -1.11. The largest absolute Gasteiger partial charge is 0.299 e. The van der Waals surface area contributed by atoms with E-state index in [1.165, 1.54) is 16.7 Å². The van der Waals surface area contributed by atoms with E-state index in [0.717, 1.165) is 6.42 Å². The lowest BCUT2D eigenvalue weighted by Crippen LogP contribution is -2.12. The molecule has 1 atom stereocenters. The first kappa shape index (κ1) is 12.0. The molecule has 0 aliphatic carbocycles. The van der Waals surface area contributed by atoms with Crippen LogP contribution in [0.3, 0.4) is 0 Å². The second-order valence-electron chi connectivity index (χ2n) is 4.34. The van der Waals surface area contributed by atoms with Gasteiger partial charge in [-0.05, 0) is 37.0 Å². The van der Waals surface area contributed by atoms with Crippen LogP contribution in [-0.4, -0.2) is 5.78 Å². The van der Waals surface area contributed by atoms with Gasteiger partial charge in [0.2, 0.25) is 0 Å². The minimum Gasteiger partial charge on any atom is -0.299 e. The summed E-state index contributed by atoms with van der Waals surface area (Å²) in [5.74, 6) is 0.505. The van der Waals surface area contributed by atoms with Crippen LogP contribution in [0.25, 0.3) is 0 Å². The highest BCUT2D eigenvalue weighted by atomic mass is 16.1. The fraction of sp³-hybridized carbons (Fsp3) is 0.500. The molecule has 0 amide bonds. The molecule has 0 aromatic heterocycles. The average molecular weight is 204 g/mol. The summed E-state index contributed by atoms with van der Waals surface area (Å²) in [5.41, 5.74) is 3.89. The standard InChI is InChI=1S/C14H20O/c1-5-14(15)12(4)9-13-7-6-10(2)11(3)8-13/h6-8,12H,5,9H2,1-4H3. The van der Waals surface area contributed by atoms with Crippen molar-refractivity contribution in [3.63, 3.8) is 0 Å². The Bertz CT molecular complexity index is 352. The predicted molar refractivity (Wildman–Crippen MR) is 64.1 cm³/mol. The lowest BCUT2D eigenvalue weighted by molar-refractivity contribution is -0.122. The molecule has 0 aliphatic heterocycles. The lowest BCUT2D eigenvalue weighted by Gasteiger charge is -2.10. The van der Waals surface area contributed by atoms with E-state index in [2.05, 4.69) is 32.0 Å². The second kappa shape index (κ2) is 5.11. The van der Waals surface area contributed by atoms with Gasteiger partial charge in [-0.3, -0.25) is 4.79 Å². The Kier molecular flexibility index (Phi) is 4.07. The summed E-state index contributed by atoms with van der Waals surface area (Å²) < 4.78 is 0. The molecule has 1 heteroatoms. The highest BCUT2D eigenvalue weighted by molar-refractivity contribution is 5.80. The zero-order valence-corrected chi connectivity index (χ0v) is 10.1. The van der Waals surface area contributed by atoms with Gasteiger partial charge in [-0.2, -0.15) is 0 Å². The summed E-state index contributed by atoms with van der Waals surface area (Å²) in [7, 11) is 0. The number of carbonyl (C=O) groups is 1. The molecule has 1 nitrogen and oxygen atoms in total. The number of benzene rings is 1. The van der Waals surface area contributed by atoms with Gasteiger partial charge in [0.15, 0.2) is 0 Å². The van der Waals surface area contributed by atoms with E-state index in [1.54, 1.807) is 0 Å². The molecule has 1 rings (SSSR count). The number of ketones is 1. The number of hydrogen-bond acceptors (Lipinski definition) is 1. The van der Waals surface area contributed by atoms with E-state index < -0.39 is 0 Å². The third-order valence-corrected chi connectivity index (χ3v) is 3.01. The van der Waals surface area contributed by atoms with E-state index in [-0.39, 0.29) is 5.92 Å². The summed E-state index contributed by atoms with van der Waals surface area (Å²) in [6.45, 7) is 8.17. The molecule has 0 saturated carbocycles. The number of Topliss-reactive ketones (excluding diaryl/α,β-unsaturated/α-hetero) is 1. The number of rotatable bonds is 4. The molecule has 0 spiro atoms. The zero-order chi connectivity index (χ0) is 11.4. The van der Waals surface area contributed by atoms with Crippen molar-refractivity contribution in [2.45, 2.75) is 40.5 Å². The number of aryl methyl sites for hydroxylation is 2. The van der Waals surface area contributed by atoms with Gasteiger partial charge in [-0.15, -0.1) is 0 Å². The normalized spacial score (nSPS) is 12.5. The van der Waals surface area contributed by atoms with Crippen LogP contribution in [0.2, 0.25) is 0 Å². The molecule has 15 heavy (non-hydrogen) atoms. The summed E-state index contributed by atoms with van der Waals surface area (Å²) in [5, 5.41) is 0. The minimum absolute atomic E-state index is 0.150. The molecule has 0 N–H and O–H groups in total. The Morgan fingerprint density at radius 3 is 2.47 bits per heavy atom. The number of hydrogen-bond donors (Lipinski definition) is 0. The highest BCUT2D eigenvalue weighted by Crippen LogP contribution is 2.15. The van der Waals surface area contributed by atoms with Crippen LogP contribution >= 0.6 is 0 Å². The monoisotopic (exact) mass is 204 g/mol. The average Bonchev–Trinajstić information content (AvgIpc) is 2.22. The van der Waals surface area contributed by atoms with Crippen molar-refractivity contribution < 1.29 is 4.79 Å². The summed E-state index contributed by atoms with van der Waals surface area (Å²) in [4.78, 5) is 11.5. The van der Waals surface area contributed by atoms with Crippen molar-refractivity contribution in [2.75, 3.05) is 0 Å². The quantitative estimate of drug-likeness (QED) is 0.734. The molecule has 1 unspecified atom stereocenters. The van der Waals surface area contributed by atoms with Crippen LogP contribution in [0.15, 0.2) is 18.2 Å². The van der Waals surface area contributed by atoms with Crippen molar-refractivity contribution in [1.29, 1.82) is 0 Å².